The first kappa shape index (κ1) is 13.0. The lowest BCUT2D eigenvalue weighted by molar-refractivity contribution is 0.629. The summed E-state index contributed by atoms with van der Waals surface area (Å²) in [6, 6.07) is 12.1. The van der Waals surface area contributed by atoms with Crippen LogP contribution in [0.1, 0.15) is 18.0 Å². The van der Waals surface area contributed by atoms with E-state index in [-0.39, 0.29) is 11.2 Å². The van der Waals surface area contributed by atoms with Crippen LogP contribution in [0.25, 0.3) is 22.2 Å². The second-order valence-electron chi connectivity index (χ2n) is 4.59. The molecule has 4 heteroatoms. The first-order valence-electron chi connectivity index (χ1n) is 6.31. The maximum atomic E-state index is 13.4. The molecule has 0 aliphatic heterocycles. The van der Waals surface area contributed by atoms with Gasteiger partial charge in [-0.2, -0.15) is 0 Å². The maximum Gasteiger partial charge on any atom is 0.123 e. The van der Waals surface area contributed by atoms with Gasteiger partial charge in [-0.1, -0.05) is 6.07 Å². The van der Waals surface area contributed by atoms with E-state index in [1.165, 1.54) is 12.1 Å². The predicted molar refractivity (Wildman–Crippen MR) is 79.2 cm³/mol. The van der Waals surface area contributed by atoms with E-state index in [1.54, 1.807) is 12.3 Å². The van der Waals surface area contributed by atoms with Crippen molar-refractivity contribution in [3.05, 3.63) is 60.2 Å². The number of alkyl halides is 1. The Morgan fingerprint density at radius 3 is 2.70 bits per heavy atom. The van der Waals surface area contributed by atoms with E-state index in [0.29, 0.717) is 0 Å². The van der Waals surface area contributed by atoms with E-state index >= 15 is 0 Å². The minimum atomic E-state index is -0.280. The van der Waals surface area contributed by atoms with Crippen molar-refractivity contribution < 1.29 is 4.39 Å². The van der Waals surface area contributed by atoms with Crippen LogP contribution in [-0.4, -0.2) is 9.97 Å². The molecule has 3 rings (SSSR count). The first-order chi connectivity index (χ1) is 9.65. The zero-order valence-corrected chi connectivity index (χ0v) is 11.6. The monoisotopic (exact) mass is 286 g/mol. The lowest BCUT2D eigenvalue weighted by Crippen LogP contribution is -1.97. The van der Waals surface area contributed by atoms with E-state index in [9.17, 15) is 4.39 Å². The van der Waals surface area contributed by atoms with Gasteiger partial charge in [0.05, 0.1) is 22.3 Å². The molecular formula is C16H12ClFN2. The fourth-order valence-corrected chi connectivity index (χ4v) is 2.36. The van der Waals surface area contributed by atoms with Crippen LogP contribution >= 0.6 is 11.6 Å². The Morgan fingerprint density at radius 1 is 1.15 bits per heavy atom. The van der Waals surface area contributed by atoms with Gasteiger partial charge in [0.25, 0.3) is 0 Å². The van der Waals surface area contributed by atoms with Crippen molar-refractivity contribution in [2.24, 2.45) is 0 Å². The quantitative estimate of drug-likeness (QED) is 0.636. The molecule has 20 heavy (non-hydrogen) atoms. The van der Waals surface area contributed by atoms with Crippen molar-refractivity contribution in [1.82, 2.24) is 9.97 Å². The molecule has 2 heterocycles. The van der Waals surface area contributed by atoms with Crippen LogP contribution in [0, 0.1) is 5.82 Å². The molecular weight excluding hydrogens is 275 g/mol. The second-order valence-corrected chi connectivity index (χ2v) is 5.24. The predicted octanol–water partition coefficient (Wildman–Crippen LogP) is 4.74. The van der Waals surface area contributed by atoms with Crippen LogP contribution in [0.3, 0.4) is 0 Å². The van der Waals surface area contributed by atoms with Crippen LogP contribution in [0.4, 0.5) is 4.39 Å². The Bertz CT molecular complexity index is 757. The molecule has 0 aliphatic rings. The zero-order chi connectivity index (χ0) is 14.1. The Labute approximate surface area is 121 Å². The number of hydrogen-bond donors (Lipinski definition) is 0. The first-order valence-corrected chi connectivity index (χ1v) is 6.74. The smallest absolute Gasteiger partial charge is 0.123 e. The Morgan fingerprint density at radius 2 is 2.00 bits per heavy atom. The molecule has 0 unspecified atom stereocenters. The third kappa shape index (κ3) is 2.37. The van der Waals surface area contributed by atoms with E-state index in [0.717, 1.165) is 27.9 Å². The largest absolute Gasteiger partial charge is 0.256 e. The lowest BCUT2D eigenvalue weighted by Gasteiger charge is -2.12. The number of aromatic nitrogens is 2. The van der Waals surface area contributed by atoms with E-state index in [4.69, 9.17) is 11.6 Å². The summed E-state index contributed by atoms with van der Waals surface area (Å²) in [6.45, 7) is 1.87. The number of pyridine rings is 2. The molecule has 0 saturated heterocycles. The lowest BCUT2D eigenvalue weighted by atomic mass is 10.0. The van der Waals surface area contributed by atoms with E-state index in [2.05, 4.69) is 9.97 Å². The van der Waals surface area contributed by atoms with Gasteiger partial charge in [-0.3, -0.25) is 9.97 Å². The zero-order valence-electron chi connectivity index (χ0n) is 10.8. The fraction of sp³-hybridized carbons (Fsp3) is 0.125. The van der Waals surface area contributed by atoms with Crippen molar-refractivity contribution in [3.8, 4) is 11.3 Å². The van der Waals surface area contributed by atoms with Gasteiger partial charge in [-0.05, 0) is 43.3 Å². The summed E-state index contributed by atoms with van der Waals surface area (Å²) in [5, 5.41) is 0.494. The Kier molecular flexibility index (Phi) is 3.36. The van der Waals surface area contributed by atoms with Gasteiger partial charge in [0.15, 0.2) is 0 Å². The molecule has 3 aromatic rings. The van der Waals surface area contributed by atoms with Gasteiger partial charge in [0.2, 0.25) is 0 Å². The summed E-state index contributed by atoms with van der Waals surface area (Å²) >= 11 is 6.23. The molecule has 100 valence electrons. The second kappa shape index (κ2) is 5.17. The van der Waals surface area contributed by atoms with Crippen molar-refractivity contribution >= 4 is 22.5 Å². The minimum Gasteiger partial charge on any atom is -0.256 e. The van der Waals surface area contributed by atoms with Crippen molar-refractivity contribution in [1.29, 1.82) is 0 Å². The molecule has 0 bridgehead atoms. The van der Waals surface area contributed by atoms with Gasteiger partial charge in [-0.25, -0.2) is 4.39 Å². The molecule has 2 nitrogen and oxygen atoms in total. The third-order valence-corrected chi connectivity index (χ3v) is 3.33. The normalized spacial score (nSPS) is 12.6. The highest BCUT2D eigenvalue weighted by molar-refractivity contribution is 6.21. The summed E-state index contributed by atoms with van der Waals surface area (Å²) in [7, 11) is 0. The van der Waals surface area contributed by atoms with Crippen molar-refractivity contribution in [2.75, 3.05) is 0 Å². The van der Waals surface area contributed by atoms with E-state index < -0.39 is 0 Å². The molecule has 1 aromatic carbocycles. The highest BCUT2D eigenvalue weighted by Crippen LogP contribution is 2.31. The van der Waals surface area contributed by atoms with Crippen LogP contribution in [0.5, 0.6) is 0 Å². The third-order valence-electron chi connectivity index (χ3n) is 3.12. The standard InChI is InChI=1S/C16H12ClFN2/c1-10(17)16-13(15-4-2-3-7-19-15)9-11-8-12(18)5-6-14(11)20-16/h2-10H,1H3/t10-/m1/s1. The summed E-state index contributed by atoms with van der Waals surface area (Å²) in [5.41, 5.74) is 3.11. The molecule has 0 spiro atoms. The topological polar surface area (TPSA) is 25.8 Å². The molecule has 1 atom stereocenters. The molecule has 2 aromatic heterocycles. The van der Waals surface area contributed by atoms with Crippen LogP contribution in [0.2, 0.25) is 0 Å². The molecule has 0 amide bonds. The molecule has 0 fully saturated rings. The van der Waals surface area contributed by atoms with Crippen LogP contribution in [-0.2, 0) is 0 Å². The Hall–Kier alpha value is -2.00. The van der Waals surface area contributed by atoms with Gasteiger partial charge < -0.3 is 0 Å². The molecule has 0 N–H and O–H groups in total. The average Bonchev–Trinajstić information content (AvgIpc) is 2.46. The van der Waals surface area contributed by atoms with Gasteiger partial charge in [0.1, 0.15) is 5.82 Å². The van der Waals surface area contributed by atoms with Crippen molar-refractivity contribution in [2.45, 2.75) is 12.3 Å². The summed E-state index contributed by atoms with van der Waals surface area (Å²) < 4.78 is 13.4. The number of benzene rings is 1. The van der Waals surface area contributed by atoms with Crippen LogP contribution in [0.15, 0.2) is 48.7 Å². The summed E-state index contributed by atoms with van der Waals surface area (Å²) in [5.74, 6) is -0.280. The van der Waals surface area contributed by atoms with Gasteiger partial charge >= 0.3 is 0 Å². The summed E-state index contributed by atoms with van der Waals surface area (Å²) in [6.07, 6.45) is 1.72. The van der Waals surface area contributed by atoms with Gasteiger partial charge in [-0.15, -0.1) is 11.6 Å². The summed E-state index contributed by atoms with van der Waals surface area (Å²) in [4.78, 5) is 8.88. The maximum absolute atomic E-state index is 13.4. The molecule has 0 saturated carbocycles. The minimum absolute atomic E-state index is 0.249. The number of hydrogen-bond acceptors (Lipinski definition) is 2. The van der Waals surface area contributed by atoms with Crippen molar-refractivity contribution in [3.63, 3.8) is 0 Å². The van der Waals surface area contributed by atoms with Crippen LogP contribution < -0.4 is 0 Å². The highest BCUT2D eigenvalue weighted by Gasteiger charge is 2.14. The fourth-order valence-electron chi connectivity index (χ4n) is 2.19. The number of fused-ring (bicyclic) bond motifs is 1. The molecule has 0 aliphatic carbocycles. The number of rotatable bonds is 2. The highest BCUT2D eigenvalue weighted by atomic mass is 35.5. The van der Waals surface area contributed by atoms with E-state index in [1.807, 2.05) is 31.2 Å². The molecule has 0 radical (unpaired) electrons. The van der Waals surface area contributed by atoms with Gasteiger partial charge in [0, 0.05) is 17.1 Å². The number of halogens is 2. The Balaban J connectivity index is 2.30. The average molecular weight is 287 g/mol. The SMILES string of the molecule is C[C@@H](Cl)c1nc2ccc(F)cc2cc1-c1ccccn1. The number of nitrogens with zero attached hydrogens (tertiary/aromatic N) is 2.